The van der Waals surface area contributed by atoms with Crippen molar-refractivity contribution in [1.29, 1.82) is 0 Å². The van der Waals surface area contributed by atoms with Crippen LogP contribution in [0.5, 0.6) is 0 Å². The summed E-state index contributed by atoms with van der Waals surface area (Å²) in [5.41, 5.74) is 0. The molecule has 0 bridgehead atoms. The summed E-state index contributed by atoms with van der Waals surface area (Å²) >= 11 is 0. The van der Waals surface area contributed by atoms with Crippen LogP contribution in [0.25, 0.3) is 0 Å². The van der Waals surface area contributed by atoms with Gasteiger partial charge in [0.05, 0.1) is 0 Å². The zero-order valence-electron chi connectivity index (χ0n) is 42.2. The average molecular weight is 903 g/mol. The summed E-state index contributed by atoms with van der Waals surface area (Å²) in [7, 11) is 0. The Bertz CT molecular complexity index is 1310. The van der Waals surface area contributed by atoms with Gasteiger partial charge in [0.1, 0.15) is 13.2 Å². The second-order valence-corrected chi connectivity index (χ2v) is 17.4. The zero-order chi connectivity index (χ0) is 47.2. The Morgan fingerprint density at radius 2 is 0.631 bits per heavy atom. The highest BCUT2D eigenvalue weighted by atomic mass is 16.6. The summed E-state index contributed by atoms with van der Waals surface area (Å²) in [5, 5.41) is 0. The lowest BCUT2D eigenvalue weighted by Gasteiger charge is -2.18. The maximum absolute atomic E-state index is 12.8. The molecule has 0 amide bonds. The Balaban J connectivity index is 4.54. The molecule has 6 nitrogen and oxygen atoms in total. The number of hydrogen-bond acceptors (Lipinski definition) is 6. The van der Waals surface area contributed by atoms with Crippen molar-refractivity contribution < 1.29 is 28.6 Å². The number of allylic oxidation sites excluding steroid dienone is 16. The van der Waals surface area contributed by atoms with E-state index in [0.717, 1.165) is 77.0 Å². The van der Waals surface area contributed by atoms with Crippen LogP contribution in [0.1, 0.15) is 239 Å². The van der Waals surface area contributed by atoms with Crippen LogP contribution in [0.3, 0.4) is 0 Å². The van der Waals surface area contributed by atoms with Gasteiger partial charge in [0.25, 0.3) is 0 Å². The molecule has 1 unspecified atom stereocenters. The molecule has 0 aliphatic heterocycles. The van der Waals surface area contributed by atoms with Crippen molar-refractivity contribution in [2.24, 2.45) is 0 Å². The van der Waals surface area contributed by atoms with E-state index in [4.69, 9.17) is 14.2 Å². The first kappa shape index (κ1) is 61.3. The van der Waals surface area contributed by atoms with E-state index < -0.39 is 12.1 Å². The van der Waals surface area contributed by atoms with Crippen molar-refractivity contribution in [2.75, 3.05) is 13.2 Å². The van der Waals surface area contributed by atoms with E-state index >= 15 is 0 Å². The van der Waals surface area contributed by atoms with Gasteiger partial charge in [0.15, 0.2) is 6.10 Å². The molecular weight excluding hydrogens is 805 g/mol. The molecule has 65 heavy (non-hydrogen) atoms. The lowest BCUT2D eigenvalue weighted by atomic mass is 10.1. The molecule has 370 valence electrons. The Morgan fingerprint density at radius 1 is 0.323 bits per heavy atom. The van der Waals surface area contributed by atoms with Crippen LogP contribution >= 0.6 is 0 Å². The van der Waals surface area contributed by atoms with Gasteiger partial charge < -0.3 is 14.2 Å². The normalized spacial score (nSPS) is 12.8. The van der Waals surface area contributed by atoms with E-state index in [1.165, 1.54) is 109 Å². The van der Waals surface area contributed by atoms with Crippen LogP contribution in [0.15, 0.2) is 97.2 Å². The van der Waals surface area contributed by atoms with Gasteiger partial charge in [-0.1, -0.05) is 221 Å². The molecule has 0 saturated carbocycles. The summed E-state index contributed by atoms with van der Waals surface area (Å²) in [5.74, 6) is -1.09. The smallest absolute Gasteiger partial charge is 0.306 e. The molecule has 6 heteroatoms. The third-order valence-electron chi connectivity index (χ3n) is 11.1. The predicted molar refractivity (Wildman–Crippen MR) is 279 cm³/mol. The van der Waals surface area contributed by atoms with Crippen LogP contribution in [0.2, 0.25) is 0 Å². The number of ether oxygens (including phenoxy) is 3. The molecular formula is C59H98O6. The standard InChI is InChI=1S/C59H98O6/c1-4-7-10-13-16-19-22-25-27-29-30-32-34-37-40-43-46-49-52-58(61)64-55-56(54-63-57(60)51-48-45-42-39-36-33-24-21-18-15-12-9-6-3)65-59(62)53-50-47-44-41-38-35-31-28-26-23-20-17-14-11-8-5-2/h8,11,17,20,26,28,30,32-33,35-36,38,42,44-45,47,56H,4-7,9-10,12-16,18-19,21-25,27,29,31,34,37,39-41,43,46,48-55H2,1-3H3/b11-8-,20-17-,28-26-,32-30-,36-33-,38-35-,45-42-,47-44-. The summed E-state index contributed by atoms with van der Waals surface area (Å²) in [4.78, 5) is 37.9. The third-order valence-corrected chi connectivity index (χ3v) is 11.1. The molecule has 0 aromatic heterocycles. The predicted octanol–water partition coefficient (Wildman–Crippen LogP) is 17.8. The maximum Gasteiger partial charge on any atom is 0.306 e. The highest BCUT2D eigenvalue weighted by Gasteiger charge is 2.19. The summed E-state index contributed by atoms with van der Waals surface area (Å²) in [6, 6.07) is 0. The van der Waals surface area contributed by atoms with Crippen molar-refractivity contribution in [3.63, 3.8) is 0 Å². The number of carbonyl (C=O) groups excluding carboxylic acids is 3. The van der Waals surface area contributed by atoms with Crippen LogP contribution in [0.4, 0.5) is 0 Å². The molecule has 0 spiro atoms. The molecule has 0 aromatic rings. The van der Waals surface area contributed by atoms with Crippen molar-refractivity contribution in [3.8, 4) is 0 Å². The average Bonchev–Trinajstić information content (AvgIpc) is 3.30. The van der Waals surface area contributed by atoms with Gasteiger partial charge in [0, 0.05) is 19.3 Å². The number of unbranched alkanes of at least 4 members (excludes halogenated alkanes) is 20. The molecule has 0 N–H and O–H groups in total. The van der Waals surface area contributed by atoms with E-state index in [9.17, 15) is 14.4 Å². The Labute approximate surface area is 400 Å². The monoisotopic (exact) mass is 903 g/mol. The molecule has 0 aliphatic carbocycles. The number of hydrogen-bond donors (Lipinski definition) is 0. The molecule has 0 aromatic carbocycles. The first-order chi connectivity index (χ1) is 32.0. The molecule has 0 fully saturated rings. The second kappa shape index (κ2) is 52.9. The Morgan fingerprint density at radius 3 is 1.05 bits per heavy atom. The van der Waals surface area contributed by atoms with Crippen LogP contribution in [-0.4, -0.2) is 37.2 Å². The Kier molecular flexibility index (Phi) is 50.0. The van der Waals surface area contributed by atoms with Crippen LogP contribution in [-0.2, 0) is 28.6 Å². The van der Waals surface area contributed by atoms with E-state index in [1.807, 2.05) is 18.2 Å². The minimum Gasteiger partial charge on any atom is -0.462 e. The fourth-order valence-electron chi connectivity index (χ4n) is 7.07. The van der Waals surface area contributed by atoms with Crippen LogP contribution < -0.4 is 0 Å². The number of esters is 3. The largest absolute Gasteiger partial charge is 0.462 e. The minimum absolute atomic E-state index is 0.129. The van der Waals surface area contributed by atoms with Gasteiger partial charge in [-0.15, -0.1) is 0 Å². The number of carbonyl (C=O) groups is 3. The molecule has 0 aliphatic rings. The quantitative estimate of drug-likeness (QED) is 0.0262. The molecule has 0 saturated heterocycles. The van der Waals surface area contributed by atoms with Gasteiger partial charge >= 0.3 is 17.9 Å². The zero-order valence-corrected chi connectivity index (χ0v) is 42.2. The van der Waals surface area contributed by atoms with Crippen LogP contribution in [0, 0.1) is 0 Å². The minimum atomic E-state index is -0.843. The Hall–Kier alpha value is -3.67. The van der Waals surface area contributed by atoms with Gasteiger partial charge in [-0.3, -0.25) is 14.4 Å². The van der Waals surface area contributed by atoms with Gasteiger partial charge in [-0.25, -0.2) is 0 Å². The highest BCUT2D eigenvalue weighted by molar-refractivity contribution is 5.71. The third kappa shape index (κ3) is 51.2. The number of rotatable bonds is 47. The van der Waals surface area contributed by atoms with E-state index in [1.54, 1.807) is 0 Å². The van der Waals surface area contributed by atoms with Crippen molar-refractivity contribution >= 4 is 17.9 Å². The van der Waals surface area contributed by atoms with Gasteiger partial charge in [-0.2, -0.15) is 0 Å². The molecule has 0 heterocycles. The first-order valence-electron chi connectivity index (χ1n) is 26.7. The summed E-state index contributed by atoms with van der Waals surface area (Å²) in [6.45, 7) is 6.39. The second-order valence-electron chi connectivity index (χ2n) is 17.4. The van der Waals surface area contributed by atoms with E-state index in [-0.39, 0.29) is 38.0 Å². The fraction of sp³-hybridized carbons (Fsp3) is 0.678. The van der Waals surface area contributed by atoms with E-state index in [2.05, 4.69) is 99.8 Å². The van der Waals surface area contributed by atoms with Crippen molar-refractivity contribution in [1.82, 2.24) is 0 Å². The lowest BCUT2D eigenvalue weighted by molar-refractivity contribution is -0.166. The highest BCUT2D eigenvalue weighted by Crippen LogP contribution is 2.13. The van der Waals surface area contributed by atoms with E-state index in [0.29, 0.717) is 19.3 Å². The lowest BCUT2D eigenvalue weighted by Crippen LogP contribution is -2.30. The van der Waals surface area contributed by atoms with Crippen molar-refractivity contribution in [3.05, 3.63) is 97.2 Å². The fourth-order valence-corrected chi connectivity index (χ4v) is 7.07. The summed E-state index contributed by atoms with van der Waals surface area (Å²) < 4.78 is 16.7. The molecule has 0 rings (SSSR count). The maximum atomic E-state index is 12.8. The first-order valence-corrected chi connectivity index (χ1v) is 26.7. The summed E-state index contributed by atoms with van der Waals surface area (Å²) in [6.07, 6.45) is 69.9. The van der Waals surface area contributed by atoms with Gasteiger partial charge in [0.2, 0.25) is 0 Å². The molecule has 0 radical (unpaired) electrons. The van der Waals surface area contributed by atoms with Gasteiger partial charge in [-0.05, 0) is 96.3 Å². The topological polar surface area (TPSA) is 78.9 Å². The van der Waals surface area contributed by atoms with Crippen molar-refractivity contribution in [2.45, 2.75) is 245 Å². The molecule has 1 atom stereocenters. The SMILES string of the molecule is CC/C=C\C/C=C\C/C=C\C/C=C\C/C=C\CCC(=O)OC(COC(=O)CC/C=C\C/C=C\CCCCCCCC)COC(=O)CCCCCCC/C=C\CCCCCCCCCCC.